The smallest absolute Gasteiger partial charge is 0.121 e. The van der Waals surface area contributed by atoms with Gasteiger partial charge in [-0.05, 0) is 31.0 Å². The van der Waals surface area contributed by atoms with E-state index in [9.17, 15) is 0 Å². The predicted octanol–water partition coefficient (Wildman–Crippen LogP) is 4.43. The van der Waals surface area contributed by atoms with Crippen molar-refractivity contribution in [2.75, 3.05) is 7.11 Å². The van der Waals surface area contributed by atoms with Crippen LogP contribution in [-0.2, 0) is 0 Å². The van der Waals surface area contributed by atoms with Crippen molar-refractivity contribution < 1.29 is 4.74 Å². The SMILES string of the molecule is CC[Si](CC)(C1=CC=CC1)c1cc(C)cc(C)c1OC. The zero-order valence-corrected chi connectivity index (χ0v) is 14.4. The van der Waals surface area contributed by atoms with Crippen LogP contribution in [0.3, 0.4) is 0 Å². The molecule has 20 heavy (non-hydrogen) atoms. The fourth-order valence-electron chi connectivity index (χ4n) is 3.64. The van der Waals surface area contributed by atoms with E-state index in [2.05, 4.69) is 58.1 Å². The van der Waals surface area contributed by atoms with Crippen molar-refractivity contribution in [3.8, 4) is 5.75 Å². The molecule has 1 aromatic rings. The van der Waals surface area contributed by atoms with Crippen molar-refractivity contribution in [3.05, 3.63) is 46.7 Å². The molecule has 1 nitrogen and oxygen atoms in total. The summed E-state index contributed by atoms with van der Waals surface area (Å²) in [4.78, 5) is 0. The molecule has 1 aliphatic rings. The van der Waals surface area contributed by atoms with Crippen molar-refractivity contribution in [2.24, 2.45) is 0 Å². The average Bonchev–Trinajstić information content (AvgIpc) is 2.95. The first-order valence-corrected chi connectivity index (χ1v) is 10.0. The fourth-order valence-corrected chi connectivity index (χ4v) is 8.32. The van der Waals surface area contributed by atoms with E-state index in [0.717, 1.165) is 12.2 Å². The van der Waals surface area contributed by atoms with E-state index in [0.29, 0.717) is 0 Å². The summed E-state index contributed by atoms with van der Waals surface area (Å²) in [5, 5.41) is 3.16. The summed E-state index contributed by atoms with van der Waals surface area (Å²) in [7, 11) is 0.171. The number of rotatable bonds is 5. The lowest BCUT2D eigenvalue weighted by Crippen LogP contribution is -2.49. The number of methoxy groups -OCH3 is 1. The number of allylic oxidation sites excluding steroid dienone is 4. The Labute approximate surface area is 124 Å². The van der Waals surface area contributed by atoms with Gasteiger partial charge in [0.25, 0.3) is 0 Å². The topological polar surface area (TPSA) is 9.23 Å². The van der Waals surface area contributed by atoms with Crippen LogP contribution in [0.15, 0.2) is 35.6 Å². The highest BCUT2D eigenvalue weighted by Crippen LogP contribution is 2.33. The van der Waals surface area contributed by atoms with Crippen LogP contribution in [0.2, 0.25) is 12.1 Å². The summed E-state index contributed by atoms with van der Waals surface area (Å²) in [6.45, 7) is 9.07. The maximum atomic E-state index is 5.79. The van der Waals surface area contributed by atoms with Crippen molar-refractivity contribution in [2.45, 2.75) is 46.2 Å². The van der Waals surface area contributed by atoms with Gasteiger partial charge in [0.05, 0.1) is 7.11 Å². The second kappa shape index (κ2) is 6.00. The van der Waals surface area contributed by atoms with E-state index in [1.807, 2.05) is 7.11 Å². The second-order valence-electron chi connectivity index (χ2n) is 5.78. The van der Waals surface area contributed by atoms with E-state index in [-0.39, 0.29) is 0 Å². The van der Waals surface area contributed by atoms with E-state index in [1.165, 1.54) is 28.4 Å². The molecule has 0 saturated carbocycles. The number of ether oxygens (including phenoxy) is 1. The largest absolute Gasteiger partial charge is 0.497 e. The lowest BCUT2D eigenvalue weighted by atomic mass is 10.1. The Morgan fingerprint density at radius 2 is 1.85 bits per heavy atom. The molecule has 108 valence electrons. The van der Waals surface area contributed by atoms with Crippen molar-refractivity contribution in [3.63, 3.8) is 0 Å². The van der Waals surface area contributed by atoms with Crippen LogP contribution in [0.5, 0.6) is 5.75 Å². The second-order valence-corrected chi connectivity index (χ2v) is 10.5. The molecule has 0 amide bonds. The Hall–Kier alpha value is -1.28. The first kappa shape index (κ1) is 15.1. The van der Waals surface area contributed by atoms with Crippen LogP contribution in [0.4, 0.5) is 0 Å². The zero-order chi connectivity index (χ0) is 14.8. The monoisotopic (exact) mass is 286 g/mol. The highest BCUT2D eigenvalue weighted by molar-refractivity contribution is 6.98. The van der Waals surface area contributed by atoms with Gasteiger partial charge in [-0.2, -0.15) is 0 Å². The Balaban J connectivity index is 2.66. The summed E-state index contributed by atoms with van der Waals surface area (Å²) in [5.74, 6) is 1.12. The predicted molar refractivity (Wildman–Crippen MR) is 90.7 cm³/mol. The average molecular weight is 286 g/mol. The van der Waals surface area contributed by atoms with E-state index >= 15 is 0 Å². The first-order valence-electron chi connectivity index (χ1n) is 7.61. The maximum Gasteiger partial charge on any atom is 0.121 e. The summed E-state index contributed by atoms with van der Waals surface area (Å²) in [6.07, 6.45) is 8.00. The molecule has 1 aromatic carbocycles. The van der Waals surface area contributed by atoms with Gasteiger partial charge in [-0.1, -0.05) is 67.1 Å². The molecule has 0 N–H and O–H groups in total. The number of aryl methyl sites for hydroxylation is 2. The minimum absolute atomic E-state index is 1.12. The Morgan fingerprint density at radius 3 is 2.35 bits per heavy atom. The summed E-state index contributed by atoms with van der Waals surface area (Å²) < 4.78 is 5.79. The molecule has 0 heterocycles. The summed E-state index contributed by atoms with van der Waals surface area (Å²) >= 11 is 0. The highest BCUT2D eigenvalue weighted by Gasteiger charge is 2.38. The van der Waals surface area contributed by atoms with Gasteiger partial charge in [0.15, 0.2) is 0 Å². The molecule has 0 saturated heterocycles. The van der Waals surface area contributed by atoms with Gasteiger partial charge in [0, 0.05) is 0 Å². The third-order valence-corrected chi connectivity index (χ3v) is 10.1. The van der Waals surface area contributed by atoms with Crippen LogP contribution < -0.4 is 9.92 Å². The molecule has 0 unspecified atom stereocenters. The van der Waals surface area contributed by atoms with Gasteiger partial charge in [-0.15, -0.1) is 0 Å². The summed E-state index contributed by atoms with van der Waals surface area (Å²) in [5.41, 5.74) is 2.62. The van der Waals surface area contributed by atoms with Gasteiger partial charge >= 0.3 is 0 Å². The molecule has 0 fully saturated rings. The zero-order valence-electron chi connectivity index (χ0n) is 13.4. The third-order valence-electron chi connectivity index (χ3n) is 4.73. The van der Waals surface area contributed by atoms with E-state index in [4.69, 9.17) is 4.74 Å². The van der Waals surface area contributed by atoms with Crippen LogP contribution in [0.25, 0.3) is 0 Å². The van der Waals surface area contributed by atoms with E-state index in [1.54, 1.807) is 5.20 Å². The van der Waals surface area contributed by atoms with Crippen LogP contribution in [0, 0.1) is 13.8 Å². The van der Waals surface area contributed by atoms with Crippen molar-refractivity contribution in [1.82, 2.24) is 0 Å². The maximum absolute atomic E-state index is 5.79. The first-order chi connectivity index (χ1) is 9.58. The van der Waals surface area contributed by atoms with Gasteiger partial charge in [0.2, 0.25) is 0 Å². The molecule has 0 spiro atoms. The number of hydrogen-bond acceptors (Lipinski definition) is 1. The summed E-state index contributed by atoms with van der Waals surface area (Å²) in [6, 6.07) is 7.10. The van der Waals surface area contributed by atoms with Gasteiger partial charge < -0.3 is 4.74 Å². The minimum atomic E-state index is -1.64. The molecular formula is C18H26OSi. The minimum Gasteiger partial charge on any atom is -0.497 e. The number of benzene rings is 1. The molecule has 2 rings (SSSR count). The third kappa shape index (κ3) is 2.37. The molecule has 0 bridgehead atoms. The standard InChI is InChI=1S/C18H26OSi/c1-6-20(7-2,16-10-8-9-11-16)17-13-14(3)12-15(4)18(17)19-5/h8-10,12-13H,6-7,11H2,1-5H3. The molecule has 1 aliphatic carbocycles. The Kier molecular flexibility index (Phi) is 4.54. The van der Waals surface area contributed by atoms with Gasteiger partial charge in [-0.3, -0.25) is 0 Å². The quantitative estimate of drug-likeness (QED) is 0.727. The van der Waals surface area contributed by atoms with Crippen LogP contribution in [0.1, 0.15) is 31.4 Å². The van der Waals surface area contributed by atoms with Crippen molar-refractivity contribution in [1.29, 1.82) is 0 Å². The van der Waals surface area contributed by atoms with Gasteiger partial charge in [-0.25, -0.2) is 0 Å². The van der Waals surface area contributed by atoms with Crippen LogP contribution in [-0.4, -0.2) is 15.2 Å². The van der Waals surface area contributed by atoms with Gasteiger partial charge in [0.1, 0.15) is 13.8 Å². The van der Waals surface area contributed by atoms with E-state index < -0.39 is 8.07 Å². The van der Waals surface area contributed by atoms with Crippen molar-refractivity contribution >= 4 is 13.3 Å². The Morgan fingerprint density at radius 1 is 1.15 bits per heavy atom. The highest BCUT2D eigenvalue weighted by atomic mass is 28.3. The molecule has 0 aromatic heterocycles. The lowest BCUT2D eigenvalue weighted by molar-refractivity contribution is 0.414. The molecule has 0 aliphatic heterocycles. The van der Waals surface area contributed by atoms with Crippen LogP contribution >= 0.6 is 0 Å². The molecular weight excluding hydrogens is 260 g/mol. The number of hydrogen-bond donors (Lipinski definition) is 0. The Bertz CT molecular complexity index is 551. The fraction of sp³-hybridized carbons (Fsp3) is 0.444. The molecule has 0 atom stereocenters. The molecule has 2 heteroatoms. The normalized spacial score (nSPS) is 14.6. The molecule has 0 radical (unpaired) electrons. The lowest BCUT2D eigenvalue weighted by Gasteiger charge is -2.34.